The fourth-order valence-electron chi connectivity index (χ4n) is 3.14. The summed E-state index contributed by atoms with van der Waals surface area (Å²) in [5, 5.41) is 7.57. The number of hydrogen-bond acceptors (Lipinski definition) is 4. The Kier molecular flexibility index (Phi) is 5.13. The first-order chi connectivity index (χ1) is 13.1. The molecular weight excluding hydrogens is 430 g/mol. The highest BCUT2D eigenvalue weighted by Crippen LogP contribution is 2.27. The summed E-state index contributed by atoms with van der Waals surface area (Å²) >= 11 is 9.68. The van der Waals surface area contributed by atoms with Gasteiger partial charge in [-0.05, 0) is 59.1 Å². The number of anilines is 2. The molecule has 0 unspecified atom stereocenters. The predicted octanol–water partition coefficient (Wildman–Crippen LogP) is 4.54. The van der Waals surface area contributed by atoms with Crippen LogP contribution in [0.1, 0.15) is 23.2 Å². The summed E-state index contributed by atoms with van der Waals surface area (Å²) in [6, 6.07) is 9.14. The SMILES string of the molecule is O=C(Nc1cccnc1-n1cc(Br)cn1)c1cc(N2CCCC2)ccc1Cl. The molecule has 3 heterocycles. The minimum Gasteiger partial charge on any atom is -0.372 e. The van der Waals surface area contributed by atoms with Gasteiger partial charge in [0.25, 0.3) is 5.91 Å². The van der Waals surface area contributed by atoms with Gasteiger partial charge in [-0.15, -0.1) is 0 Å². The number of carbonyl (C=O) groups is 1. The zero-order valence-electron chi connectivity index (χ0n) is 14.4. The lowest BCUT2D eigenvalue weighted by molar-refractivity contribution is 0.102. The minimum atomic E-state index is -0.276. The third kappa shape index (κ3) is 3.84. The molecule has 2 aromatic heterocycles. The van der Waals surface area contributed by atoms with E-state index in [2.05, 4.69) is 36.2 Å². The van der Waals surface area contributed by atoms with E-state index in [1.807, 2.05) is 12.1 Å². The number of halogens is 2. The Labute approximate surface area is 170 Å². The molecule has 1 aromatic carbocycles. The van der Waals surface area contributed by atoms with Crippen LogP contribution in [0.25, 0.3) is 5.82 Å². The van der Waals surface area contributed by atoms with Gasteiger partial charge in [-0.2, -0.15) is 5.10 Å². The molecule has 0 saturated carbocycles. The Bertz CT molecular complexity index is 984. The zero-order valence-corrected chi connectivity index (χ0v) is 16.7. The predicted molar refractivity (Wildman–Crippen MR) is 110 cm³/mol. The van der Waals surface area contributed by atoms with E-state index in [0.29, 0.717) is 22.1 Å². The maximum absolute atomic E-state index is 12.9. The van der Waals surface area contributed by atoms with Crippen molar-refractivity contribution in [1.29, 1.82) is 0 Å². The fourth-order valence-corrected chi connectivity index (χ4v) is 3.63. The average Bonchev–Trinajstić information content (AvgIpc) is 3.34. The van der Waals surface area contributed by atoms with E-state index in [4.69, 9.17) is 11.6 Å². The standard InChI is InChI=1S/C19H17BrClN5O/c20-13-11-23-26(12-13)18-17(4-3-7-22-18)24-19(27)15-10-14(5-6-16(15)21)25-8-1-2-9-25/h3-7,10-12H,1-2,8-9H2,(H,24,27). The van der Waals surface area contributed by atoms with Crippen molar-refractivity contribution in [3.63, 3.8) is 0 Å². The van der Waals surface area contributed by atoms with Gasteiger partial charge in [0.1, 0.15) is 0 Å². The van der Waals surface area contributed by atoms with Gasteiger partial charge in [0, 0.05) is 31.2 Å². The normalized spacial score (nSPS) is 13.8. The Hall–Kier alpha value is -2.38. The molecule has 1 fully saturated rings. The Morgan fingerprint density at radius 1 is 1.22 bits per heavy atom. The quantitative estimate of drug-likeness (QED) is 0.639. The lowest BCUT2D eigenvalue weighted by atomic mass is 10.1. The molecule has 1 aliphatic heterocycles. The van der Waals surface area contributed by atoms with Gasteiger partial charge in [0.2, 0.25) is 0 Å². The molecule has 0 radical (unpaired) electrons. The van der Waals surface area contributed by atoms with Crippen LogP contribution in [-0.4, -0.2) is 33.8 Å². The average molecular weight is 447 g/mol. The van der Waals surface area contributed by atoms with Crippen LogP contribution < -0.4 is 10.2 Å². The van der Waals surface area contributed by atoms with Crippen LogP contribution in [0.4, 0.5) is 11.4 Å². The lowest BCUT2D eigenvalue weighted by Gasteiger charge is -2.19. The van der Waals surface area contributed by atoms with Crippen LogP contribution in [0.3, 0.4) is 0 Å². The second kappa shape index (κ2) is 7.70. The molecule has 6 nitrogen and oxygen atoms in total. The number of carbonyl (C=O) groups excluding carboxylic acids is 1. The van der Waals surface area contributed by atoms with Crippen LogP contribution in [0, 0.1) is 0 Å². The van der Waals surface area contributed by atoms with Crippen molar-refractivity contribution in [2.24, 2.45) is 0 Å². The number of aromatic nitrogens is 3. The highest BCUT2D eigenvalue weighted by Gasteiger charge is 2.18. The van der Waals surface area contributed by atoms with Crippen LogP contribution in [-0.2, 0) is 0 Å². The van der Waals surface area contributed by atoms with E-state index >= 15 is 0 Å². The van der Waals surface area contributed by atoms with Crippen molar-refractivity contribution >= 4 is 44.8 Å². The molecule has 1 amide bonds. The van der Waals surface area contributed by atoms with Crippen LogP contribution in [0.2, 0.25) is 5.02 Å². The monoisotopic (exact) mass is 445 g/mol. The number of rotatable bonds is 4. The second-order valence-corrected chi connectivity index (χ2v) is 7.61. The van der Waals surface area contributed by atoms with E-state index in [0.717, 1.165) is 23.2 Å². The molecule has 0 atom stereocenters. The van der Waals surface area contributed by atoms with E-state index in [-0.39, 0.29) is 5.91 Å². The molecule has 138 valence electrons. The topological polar surface area (TPSA) is 63.1 Å². The highest BCUT2D eigenvalue weighted by molar-refractivity contribution is 9.10. The molecule has 1 saturated heterocycles. The van der Waals surface area contributed by atoms with E-state index in [1.54, 1.807) is 41.5 Å². The lowest BCUT2D eigenvalue weighted by Crippen LogP contribution is -2.19. The largest absolute Gasteiger partial charge is 0.372 e. The maximum atomic E-state index is 12.9. The summed E-state index contributed by atoms with van der Waals surface area (Å²) in [4.78, 5) is 19.5. The number of amides is 1. The fraction of sp³-hybridized carbons (Fsp3) is 0.211. The summed E-state index contributed by atoms with van der Waals surface area (Å²) in [5.41, 5.74) is 2.02. The first-order valence-electron chi connectivity index (χ1n) is 8.63. The Morgan fingerprint density at radius 3 is 2.78 bits per heavy atom. The van der Waals surface area contributed by atoms with Crippen molar-refractivity contribution in [3.8, 4) is 5.82 Å². The van der Waals surface area contributed by atoms with Gasteiger partial charge in [0.15, 0.2) is 5.82 Å². The number of nitrogens with one attached hydrogen (secondary N) is 1. The molecule has 0 bridgehead atoms. The summed E-state index contributed by atoms with van der Waals surface area (Å²) in [6.45, 7) is 2.01. The van der Waals surface area contributed by atoms with Crippen LogP contribution in [0.5, 0.6) is 0 Å². The molecule has 0 spiro atoms. The third-order valence-electron chi connectivity index (χ3n) is 4.47. The summed E-state index contributed by atoms with van der Waals surface area (Å²) < 4.78 is 2.42. The van der Waals surface area contributed by atoms with Gasteiger partial charge in [-0.1, -0.05) is 11.6 Å². The molecular formula is C19H17BrClN5O. The van der Waals surface area contributed by atoms with E-state index < -0.39 is 0 Å². The summed E-state index contributed by atoms with van der Waals surface area (Å²) in [7, 11) is 0. The van der Waals surface area contributed by atoms with Gasteiger partial charge < -0.3 is 10.2 Å². The van der Waals surface area contributed by atoms with Crippen molar-refractivity contribution in [2.45, 2.75) is 12.8 Å². The van der Waals surface area contributed by atoms with Crippen molar-refractivity contribution in [3.05, 3.63) is 64.0 Å². The van der Waals surface area contributed by atoms with Crippen molar-refractivity contribution in [2.75, 3.05) is 23.3 Å². The van der Waals surface area contributed by atoms with Crippen molar-refractivity contribution in [1.82, 2.24) is 14.8 Å². The third-order valence-corrected chi connectivity index (χ3v) is 5.21. The number of pyridine rings is 1. The number of benzene rings is 1. The summed E-state index contributed by atoms with van der Waals surface area (Å²) in [6.07, 6.45) is 7.43. The number of hydrogen-bond donors (Lipinski definition) is 1. The van der Waals surface area contributed by atoms with Gasteiger partial charge in [0.05, 0.1) is 26.9 Å². The Morgan fingerprint density at radius 2 is 2.04 bits per heavy atom. The number of nitrogens with zero attached hydrogens (tertiary/aromatic N) is 4. The minimum absolute atomic E-state index is 0.276. The molecule has 27 heavy (non-hydrogen) atoms. The Balaban J connectivity index is 1.62. The van der Waals surface area contributed by atoms with E-state index in [9.17, 15) is 4.79 Å². The molecule has 8 heteroatoms. The summed E-state index contributed by atoms with van der Waals surface area (Å²) in [5.74, 6) is 0.255. The molecule has 3 aromatic rings. The zero-order chi connectivity index (χ0) is 18.8. The molecule has 4 rings (SSSR count). The van der Waals surface area contributed by atoms with Crippen LogP contribution in [0.15, 0.2) is 53.4 Å². The molecule has 1 aliphatic rings. The molecule has 0 aliphatic carbocycles. The second-order valence-electron chi connectivity index (χ2n) is 6.29. The van der Waals surface area contributed by atoms with Gasteiger partial charge in [-0.25, -0.2) is 9.67 Å². The van der Waals surface area contributed by atoms with Crippen molar-refractivity contribution < 1.29 is 4.79 Å². The van der Waals surface area contributed by atoms with Gasteiger partial charge >= 0.3 is 0 Å². The van der Waals surface area contributed by atoms with Crippen LogP contribution >= 0.6 is 27.5 Å². The van der Waals surface area contributed by atoms with E-state index in [1.165, 1.54) is 12.8 Å². The first-order valence-corrected chi connectivity index (χ1v) is 9.80. The van der Waals surface area contributed by atoms with Gasteiger partial charge in [-0.3, -0.25) is 4.79 Å². The highest BCUT2D eigenvalue weighted by atomic mass is 79.9. The maximum Gasteiger partial charge on any atom is 0.257 e. The smallest absolute Gasteiger partial charge is 0.257 e. The molecule has 1 N–H and O–H groups in total. The first kappa shape index (κ1) is 18.0.